The molecule has 0 aromatic carbocycles. The van der Waals surface area contributed by atoms with Gasteiger partial charge in [-0.3, -0.25) is 14.8 Å². The molecular weight excluding hydrogens is 584 g/mol. The number of allylic oxidation sites excluding steroid dienone is 1. The lowest BCUT2D eigenvalue weighted by molar-refractivity contribution is -0.122. The van der Waals surface area contributed by atoms with Gasteiger partial charge in [-0.15, -0.1) is 0 Å². The Hall–Kier alpha value is -3.52. The summed E-state index contributed by atoms with van der Waals surface area (Å²) in [5.74, 6) is 2.50. The molecular formula is C36H43ClN6O2. The summed E-state index contributed by atoms with van der Waals surface area (Å²) in [4.78, 5) is 41.5. The number of methoxy groups -OCH3 is 1. The number of hydrogen-bond acceptors (Lipinski definition) is 8. The van der Waals surface area contributed by atoms with Crippen LogP contribution in [-0.2, 0) is 16.6 Å². The molecule has 45 heavy (non-hydrogen) atoms. The number of pyridine rings is 1. The molecule has 3 aliphatic rings. The van der Waals surface area contributed by atoms with E-state index in [4.69, 9.17) is 31.3 Å². The number of ether oxygens (including phenoxy) is 1. The van der Waals surface area contributed by atoms with Gasteiger partial charge in [-0.05, 0) is 67.4 Å². The zero-order valence-electron chi connectivity index (χ0n) is 26.8. The maximum absolute atomic E-state index is 13.8. The molecule has 0 saturated heterocycles. The van der Waals surface area contributed by atoms with E-state index < -0.39 is 0 Å². The molecule has 1 atom stereocenters. The van der Waals surface area contributed by atoms with Crippen molar-refractivity contribution in [1.29, 1.82) is 0 Å². The largest absolute Gasteiger partial charge is 0.467 e. The Balaban J connectivity index is 1.16. The van der Waals surface area contributed by atoms with Crippen LogP contribution in [0.4, 0.5) is 0 Å². The van der Waals surface area contributed by atoms with E-state index in [-0.39, 0.29) is 17.3 Å². The second-order valence-corrected chi connectivity index (χ2v) is 14.3. The van der Waals surface area contributed by atoms with Crippen molar-refractivity contribution in [2.45, 2.75) is 89.9 Å². The predicted molar refractivity (Wildman–Crippen MR) is 177 cm³/mol. The molecule has 0 radical (unpaired) electrons. The van der Waals surface area contributed by atoms with Gasteiger partial charge in [0.05, 0.1) is 36.0 Å². The highest BCUT2D eigenvalue weighted by atomic mass is 35.5. The molecule has 4 heterocycles. The van der Waals surface area contributed by atoms with Gasteiger partial charge >= 0.3 is 6.01 Å². The standard InChI is InChI=1S/C36H43ClN6O2/c1-36(2,3)27-21-40-31(43-33(27)34-28(37)15-16-38-34)17-23-7-10-24(11-8-23)32(30(44)14-9-22-5-6-22)29-13-12-25(18-39-29)26-19-41-35(45-4)42-20-26/h12-13,15,18-24,32H,5-11,14,16-17H2,1-4H3. The third-order valence-corrected chi connectivity index (χ3v) is 9.88. The first-order valence-corrected chi connectivity index (χ1v) is 16.7. The van der Waals surface area contributed by atoms with Gasteiger partial charge in [0.25, 0.3) is 0 Å². The van der Waals surface area contributed by atoms with Gasteiger partial charge in [-0.1, -0.05) is 51.3 Å². The minimum Gasteiger partial charge on any atom is -0.467 e. The number of halogens is 1. The number of nitrogens with zero attached hydrogens (tertiary/aromatic N) is 6. The Kier molecular flexibility index (Phi) is 9.41. The van der Waals surface area contributed by atoms with E-state index in [0.717, 1.165) is 84.1 Å². The third kappa shape index (κ3) is 7.49. The number of rotatable bonds is 11. The van der Waals surface area contributed by atoms with Crippen molar-refractivity contribution >= 4 is 23.1 Å². The van der Waals surface area contributed by atoms with Crippen molar-refractivity contribution < 1.29 is 9.53 Å². The molecule has 2 fully saturated rings. The number of carbonyl (C=O) groups excluding carboxylic acids is 1. The van der Waals surface area contributed by atoms with Crippen LogP contribution < -0.4 is 4.74 Å². The molecule has 0 bridgehead atoms. The van der Waals surface area contributed by atoms with Gasteiger partial charge in [-0.2, -0.15) is 0 Å². The molecule has 3 aromatic heterocycles. The maximum atomic E-state index is 13.8. The Morgan fingerprint density at radius 3 is 2.24 bits per heavy atom. The minimum absolute atomic E-state index is 0.121. The molecule has 0 spiro atoms. The van der Waals surface area contributed by atoms with Crippen molar-refractivity contribution in [3.63, 3.8) is 0 Å². The highest BCUT2D eigenvalue weighted by Gasteiger charge is 2.35. The Morgan fingerprint density at radius 2 is 1.64 bits per heavy atom. The highest BCUT2D eigenvalue weighted by Crippen LogP contribution is 2.42. The van der Waals surface area contributed by atoms with Crippen molar-refractivity contribution in [3.8, 4) is 17.1 Å². The van der Waals surface area contributed by atoms with Crippen LogP contribution >= 0.6 is 11.6 Å². The van der Waals surface area contributed by atoms with Gasteiger partial charge in [0.15, 0.2) is 0 Å². The smallest absolute Gasteiger partial charge is 0.316 e. The first-order chi connectivity index (χ1) is 21.7. The fourth-order valence-corrected chi connectivity index (χ4v) is 6.93. The van der Waals surface area contributed by atoms with E-state index in [1.54, 1.807) is 19.5 Å². The molecule has 3 aromatic rings. The summed E-state index contributed by atoms with van der Waals surface area (Å²) in [7, 11) is 1.55. The quantitative estimate of drug-likeness (QED) is 0.218. The van der Waals surface area contributed by atoms with E-state index in [1.165, 1.54) is 12.8 Å². The fourth-order valence-electron chi connectivity index (χ4n) is 6.72. The third-order valence-electron chi connectivity index (χ3n) is 9.54. The van der Waals surface area contributed by atoms with E-state index >= 15 is 0 Å². The Labute approximate surface area is 271 Å². The zero-order valence-corrected chi connectivity index (χ0v) is 27.6. The number of Topliss-reactive ketones (excluding diaryl/α,β-unsaturated/α-hetero) is 1. The number of aromatic nitrogens is 5. The van der Waals surface area contributed by atoms with E-state index in [9.17, 15) is 4.79 Å². The van der Waals surface area contributed by atoms with Gasteiger partial charge < -0.3 is 4.74 Å². The van der Waals surface area contributed by atoms with Crippen LogP contribution in [0.2, 0.25) is 0 Å². The molecule has 0 N–H and O–H groups in total. The minimum atomic E-state index is -0.172. The second kappa shape index (κ2) is 13.5. The fraction of sp³-hybridized carbons (Fsp3) is 0.528. The summed E-state index contributed by atoms with van der Waals surface area (Å²) < 4.78 is 5.09. The van der Waals surface area contributed by atoms with E-state index in [0.29, 0.717) is 35.7 Å². The summed E-state index contributed by atoms with van der Waals surface area (Å²) in [6.07, 6.45) is 18.3. The summed E-state index contributed by atoms with van der Waals surface area (Å²) in [6.45, 7) is 7.10. The van der Waals surface area contributed by atoms with Crippen LogP contribution in [-0.4, -0.2) is 50.1 Å². The average molecular weight is 627 g/mol. The summed E-state index contributed by atoms with van der Waals surface area (Å²) in [5, 5.41) is 0.669. The average Bonchev–Trinajstić information content (AvgIpc) is 3.78. The Bertz CT molecular complexity index is 1570. The van der Waals surface area contributed by atoms with Crippen molar-refractivity contribution in [2.75, 3.05) is 13.7 Å². The van der Waals surface area contributed by atoms with Gasteiger partial charge in [-0.25, -0.2) is 19.9 Å². The predicted octanol–water partition coefficient (Wildman–Crippen LogP) is 7.45. The first-order valence-electron chi connectivity index (χ1n) is 16.3. The van der Waals surface area contributed by atoms with Crippen LogP contribution in [0.25, 0.3) is 11.1 Å². The lowest BCUT2D eigenvalue weighted by atomic mass is 9.71. The lowest BCUT2D eigenvalue weighted by Gasteiger charge is -2.33. The van der Waals surface area contributed by atoms with Crippen LogP contribution in [0.5, 0.6) is 6.01 Å². The number of ketones is 1. The second-order valence-electron chi connectivity index (χ2n) is 13.9. The SMILES string of the molecule is COc1ncc(-c2ccc(C(C(=O)CCC3CC3)C3CCC(Cc4ncc(C(C)(C)C)c(C5=NCC=C5Cl)n4)CC3)nc2)cn1. The van der Waals surface area contributed by atoms with E-state index in [1.807, 2.05) is 30.6 Å². The molecule has 2 saturated carbocycles. The molecule has 8 nitrogen and oxygen atoms in total. The van der Waals surface area contributed by atoms with Crippen molar-refractivity contribution in [1.82, 2.24) is 24.9 Å². The molecule has 236 valence electrons. The number of carbonyl (C=O) groups is 1. The van der Waals surface area contributed by atoms with Crippen molar-refractivity contribution in [2.24, 2.45) is 22.7 Å². The summed E-state index contributed by atoms with van der Waals surface area (Å²) >= 11 is 6.52. The maximum Gasteiger partial charge on any atom is 0.316 e. The van der Waals surface area contributed by atoms with Gasteiger partial charge in [0.1, 0.15) is 17.3 Å². The van der Waals surface area contributed by atoms with Crippen LogP contribution in [0.3, 0.4) is 0 Å². The molecule has 2 aliphatic carbocycles. The molecule has 0 amide bonds. The molecule has 6 rings (SSSR count). The summed E-state index contributed by atoms with van der Waals surface area (Å²) in [5.41, 5.74) is 5.25. The summed E-state index contributed by atoms with van der Waals surface area (Å²) in [6, 6.07) is 4.40. The normalized spacial score (nSPS) is 20.8. The molecule has 1 unspecified atom stereocenters. The monoisotopic (exact) mass is 626 g/mol. The number of aliphatic imine (C=N–C) groups is 1. The van der Waals surface area contributed by atoms with Crippen LogP contribution in [0, 0.1) is 17.8 Å². The highest BCUT2D eigenvalue weighted by molar-refractivity contribution is 6.46. The number of hydrogen-bond donors (Lipinski definition) is 0. The van der Waals surface area contributed by atoms with E-state index in [2.05, 4.69) is 35.7 Å². The lowest BCUT2D eigenvalue weighted by Crippen LogP contribution is -2.28. The molecule has 9 heteroatoms. The first kappa shape index (κ1) is 31.5. The van der Waals surface area contributed by atoms with Crippen molar-refractivity contribution in [3.05, 3.63) is 70.8 Å². The van der Waals surface area contributed by atoms with Crippen LogP contribution in [0.15, 0.2) is 53.0 Å². The molecule has 1 aliphatic heterocycles. The van der Waals surface area contributed by atoms with Gasteiger partial charge in [0.2, 0.25) is 0 Å². The topological polar surface area (TPSA) is 103 Å². The van der Waals surface area contributed by atoms with Crippen LogP contribution in [0.1, 0.15) is 101 Å². The van der Waals surface area contributed by atoms with Gasteiger partial charge in [0, 0.05) is 54.3 Å². The Morgan fingerprint density at radius 1 is 0.933 bits per heavy atom. The zero-order chi connectivity index (χ0) is 31.6.